The molecule has 0 spiro atoms. The molecule has 138 valence electrons. The molecular formula is C20H26N4O2. The van der Waals surface area contributed by atoms with Crippen LogP contribution in [0, 0.1) is 6.92 Å². The maximum absolute atomic E-state index is 12.9. The minimum Gasteiger partial charge on any atom is -0.494 e. The first-order valence-electron chi connectivity index (χ1n) is 9.40. The van der Waals surface area contributed by atoms with E-state index in [2.05, 4.69) is 10.00 Å². The lowest BCUT2D eigenvalue weighted by Crippen LogP contribution is -2.37. The number of carbonyl (C=O) groups excluding carboxylic acids is 1. The molecule has 26 heavy (non-hydrogen) atoms. The third-order valence-corrected chi connectivity index (χ3v) is 5.50. The van der Waals surface area contributed by atoms with Crippen molar-refractivity contribution in [3.8, 4) is 11.4 Å². The number of aromatic nitrogens is 2. The third kappa shape index (κ3) is 3.21. The fraction of sp³-hybridized carbons (Fsp3) is 0.500. The molecule has 1 aromatic carbocycles. The molecule has 1 unspecified atom stereocenters. The topological polar surface area (TPSA) is 50.6 Å². The van der Waals surface area contributed by atoms with Crippen molar-refractivity contribution in [1.29, 1.82) is 0 Å². The predicted molar refractivity (Wildman–Crippen MR) is 100.0 cm³/mol. The van der Waals surface area contributed by atoms with Crippen LogP contribution >= 0.6 is 0 Å². The van der Waals surface area contributed by atoms with Crippen molar-refractivity contribution in [1.82, 2.24) is 19.6 Å². The summed E-state index contributed by atoms with van der Waals surface area (Å²) in [6, 6.07) is 8.25. The van der Waals surface area contributed by atoms with Gasteiger partial charge in [0.1, 0.15) is 11.4 Å². The summed E-state index contributed by atoms with van der Waals surface area (Å²) < 4.78 is 7.16. The number of amides is 1. The fourth-order valence-electron chi connectivity index (χ4n) is 4.04. The van der Waals surface area contributed by atoms with Crippen LogP contribution in [0.2, 0.25) is 0 Å². The largest absolute Gasteiger partial charge is 0.494 e. The highest BCUT2D eigenvalue weighted by Gasteiger charge is 2.32. The van der Waals surface area contributed by atoms with Crippen LogP contribution in [0.5, 0.6) is 5.75 Å². The maximum atomic E-state index is 12.9. The average Bonchev–Trinajstić information content (AvgIpc) is 3.42. The fourth-order valence-corrected chi connectivity index (χ4v) is 4.04. The highest BCUT2D eigenvalue weighted by Crippen LogP contribution is 2.25. The number of hydrogen-bond acceptors (Lipinski definition) is 4. The van der Waals surface area contributed by atoms with Gasteiger partial charge in [-0.2, -0.15) is 5.10 Å². The Hall–Kier alpha value is -2.34. The first-order valence-corrected chi connectivity index (χ1v) is 9.40. The molecule has 2 aliphatic heterocycles. The van der Waals surface area contributed by atoms with Crippen LogP contribution in [0.4, 0.5) is 0 Å². The van der Waals surface area contributed by atoms with E-state index in [0.717, 1.165) is 36.5 Å². The van der Waals surface area contributed by atoms with Crippen LogP contribution in [0.1, 0.15) is 35.3 Å². The van der Waals surface area contributed by atoms with Gasteiger partial charge in [-0.05, 0) is 63.0 Å². The lowest BCUT2D eigenvalue weighted by atomic mass is 10.2. The number of carbonyl (C=O) groups is 1. The Morgan fingerprint density at radius 3 is 2.77 bits per heavy atom. The molecule has 2 fully saturated rings. The minimum atomic E-state index is 0.0251. The molecule has 1 amide bonds. The standard InChI is InChI=1S/C20H26N4O2/c1-15-5-6-19(26-2)18(13-15)24-12-8-17(21-24)20(25)23-11-7-16(14-23)22-9-3-4-10-22/h5-6,8,12-13,16H,3-4,7,9-11,14H2,1-2H3. The van der Waals surface area contributed by atoms with E-state index in [-0.39, 0.29) is 5.91 Å². The van der Waals surface area contributed by atoms with Gasteiger partial charge in [0.25, 0.3) is 5.91 Å². The quantitative estimate of drug-likeness (QED) is 0.847. The van der Waals surface area contributed by atoms with Crippen LogP contribution in [0.25, 0.3) is 5.69 Å². The van der Waals surface area contributed by atoms with Crippen molar-refractivity contribution in [3.05, 3.63) is 41.7 Å². The normalized spacial score (nSPS) is 20.7. The van der Waals surface area contributed by atoms with Crippen molar-refractivity contribution in [2.45, 2.75) is 32.2 Å². The second-order valence-corrected chi connectivity index (χ2v) is 7.26. The molecular weight excluding hydrogens is 328 g/mol. The van der Waals surface area contributed by atoms with Crippen LogP contribution in [0.3, 0.4) is 0 Å². The van der Waals surface area contributed by atoms with E-state index >= 15 is 0 Å². The van der Waals surface area contributed by atoms with E-state index < -0.39 is 0 Å². The van der Waals surface area contributed by atoms with Crippen molar-refractivity contribution in [2.75, 3.05) is 33.3 Å². The third-order valence-electron chi connectivity index (χ3n) is 5.50. The zero-order chi connectivity index (χ0) is 18.1. The summed E-state index contributed by atoms with van der Waals surface area (Å²) in [6.45, 7) is 6.02. The van der Waals surface area contributed by atoms with Crippen LogP contribution in [-0.4, -0.2) is 64.8 Å². The number of methoxy groups -OCH3 is 1. The molecule has 0 N–H and O–H groups in total. The van der Waals surface area contributed by atoms with Crippen molar-refractivity contribution < 1.29 is 9.53 Å². The first kappa shape index (κ1) is 17.1. The smallest absolute Gasteiger partial charge is 0.274 e. The number of benzene rings is 1. The zero-order valence-electron chi connectivity index (χ0n) is 15.5. The minimum absolute atomic E-state index is 0.0251. The SMILES string of the molecule is COc1ccc(C)cc1-n1ccc(C(=O)N2CCC(N3CCCC3)C2)n1. The van der Waals surface area contributed by atoms with Crippen molar-refractivity contribution >= 4 is 5.91 Å². The molecule has 2 saturated heterocycles. The van der Waals surface area contributed by atoms with Gasteiger partial charge in [-0.15, -0.1) is 0 Å². The zero-order valence-corrected chi connectivity index (χ0v) is 15.5. The lowest BCUT2D eigenvalue weighted by Gasteiger charge is -2.23. The van der Waals surface area contributed by atoms with Crippen LogP contribution in [-0.2, 0) is 0 Å². The lowest BCUT2D eigenvalue weighted by molar-refractivity contribution is 0.0774. The van der Waals surface area contributed by atoms with Gasteiger partial charge in [-0.3, -0.25) is 9.69 Å². The molecule has 6 nitrogen and oxygen atoms in total. The summed E-state index contributed by atoms with van der Waals surface area (Å²) >= 11 is 0. The Balaban J connectivity index is 1.49. The van der Waals surface area contributed by atoms with Gasteiger partial charge < -0.3 is 9.64 Å². The Morgan fingerprint density at radius 2 is 2.00 bits per heavy atom. The monoisotopic (exact) mass is 354 g/mol. The second kappa shape index (κ2) is 7.11. The summed E-state index contributed by atoms with van der Waals surface area (Å²) in [7, 11) is 1.65. The maximum Gasteiger partial charge on any atom is 0.274 e. The van der Waals surface area contributed by atoms with E-state index in [4.69, 9.17) is 4.74 Å². The molecule has 0 radical (unpaired) electrons. The molecule has 0 bridgehead atoms. The van der Waals surface area contributed by atoms with E-state index in [1.165, 1.54) is 25.9 Å². The molecule has 2 aromatic rings. The van der Waals surface area contributed by atoms with Gasteiger partial charge in [-0.25, -0.2) is 4.68 Å². The first-order chi connectivity index (χ1) is 12.7. The molecule has 1 aromatic heterocycles. The summed E-state index contributed by atoms with van der Waals surface area (Å²) in [5.41, 5.74) is 2.47. The second-order valence-electron chi connectivity index (χ2n) is 7.26. The highest BCUT2D eigenvalue weighted by molar-refractivity contribution is 5.92. The molecule has 0 aliphatic carbocycles. The van der Waals surface area contributed by atoms with Crippen molar-refractivity contribution in [2.24, 2.45) is 0 Å². The average molecular weight is 354 g/mol. The van der Waals surface area contributed by atoms with E-state index in [0.29, 0.717) is 11.7 Å². The van der Waals surface area contributed by atoms with Gasteiger partial charge in [0, 0.05) is 25.3 Å². The molecule has 4 rings (SSSR count). The van der Waals surface area contributed by atoms with Gasteiger partial charge in [-0.1, -0.05) is 6.07 Å². The summed E-state index contributed by atoms with van der Waals surface area (Å²) in [5, 5.41) is 4.53. The summed E-state index contributed by atoms with van der Waals surface area (Å²) in [6.07, 6.45) is 5.47. The van der Waals surface area contributed by atoms with Gasteiger partial charge in [0.2, 0.25) is 0 Å². The molecule has 3 heterocycles. The highest BCUT2D eigenvalue weighted by atomic mass is 16.5. The molecule has 0 saturated carbocycles. The molecule has 6 heteroatoms. The van der Waals surface area contributed by atoms with E-state index in [1.807, 2.05) is 36.2 Å². The number of ether oxygens (including phenoxy) is 1. The van der Waals surface area contributed by atoms with Gasteiger partial charge >= 0.3 is 0 Å². The van der Waals surface area contributed by atoms with E-state index in [1.54, 1.807) is 17.9 Å². The Morgan fingerprint density at radius 1 is 1.19 bits per heavy atom. The van der Waals surface area contributed by atoms with E-state index in [9.17, 15) is 4.79 Å². The van der Waals surface area contributed by atoms with Crippen LogP contribution < -0.4 is 4.74 Å². The van der Waals surface area contributed by atoms with Crippen molar-refractivity contribution in [3.63, 3.8) is 0 Å². The Kier molecular flexibility index (Phi) is 4.68. The Labute approximate surface area is 154 Å². The van der Waals surface area contributed by atoms with Crippen LogP contribution in [0.15, 0.2) is 30.5 Å². The van der Waals surface area contributed by atoms with Gasteiger partial charge in [0.05, 0.1) is 7.11 Å². The summed E-state index contributed by atoms with van der Waals surface area (Å²) in [5.74, 6) is 0.769. The molecule has 2 aliphatic rings. The predicted octanol–water partition coefficient (Wildman–Crippen LogP) is 2.50. The number of nitrogens with zero attached hydrogens (tertiary/aromatic N) is 4. The number of aryl methyl sites for hydroxylation is 1. The molecule has 1 atom stereocenters. The van der Waals surface area contributed by atoms with Gasteiger partial charge in [0.15, 0.2) is 5.69 Å². The summed E-state index contributed by atoms with van der Waals surface area (Å²) in [4.78, 5) is 17.4. The number of likely N-dealkylation sites (tertiary alicyclic amines) is 2. The number of rotatable bonds is 4. The number of hydrogen-bond donors (Lipinski definition) is 0. The Bertz CT molecular complexity index is 795.